The predicted molar refractivity (Wildman–Crippen MR) is 104 cm³/mol. The van der Waals surface area contributed by atoms with Gasteiger partial charge in [0, 0.05) is 41.3 Å². The minimum atomic E-state index is -0.0755. The van der Waals surface area contributed by atoms with Gasteiger partial charge in [0.2, 0.25) is 0 Å². The fourth-order valence-electron chi connectivity index (χ4n) is 2.27. The van der Waals surface area contributed by atoms with Crippen molar-refractivity contribution in [3.05, 3.63) is 73.6 Å². The van der Waals surface area contributed by atoms with Gasteiger partial charge in [0.1, 0.15) is 5.01 Å². The molecule has 0 bridgehead atoms. The van der Waals surface area contributed by atoms with Crippen molar-refractivity contribution in [1.29, 1.82) is 0 Å². The first kappa shape index (κ1) is 18.0. The van der Waals surface area contributed by atoms with Crippen LogP contribution in [-0.4, -0.2) is 21.2 Å². The number of nitrogens with one attached hydrogen (secondary N) is 1. The summed E-state index contributed by atoms with van der Waals surface area (Å²) < 4.78 is 1.53. The third-order valence-electron chi connectivity index (χ3n) is 3.43. The third kappa shape index (κ3) is 4.62. The fraction of sp³-hybridized carbons (Fsp3) is 0.235. The first-order valence-electron chi connectivity index (χ1n) is 7.77. The summed E-state index contributed by atoms with van der Waals surface area (Å²) in [6.45, 7) is 2.59. The molecule has 3 rings (SSSR count). The molecule has 0 aliphatic carbocycles. The molecular weight excluding hydrogens is 376 g/mol. The largest absolute Gasteiger partial charge is 0.321 e. The Morgan fingerprint density at radius 2 is 2.08 bits per heavy atom. The lowest BCUT2D eigenvalue weighted by atomic mass is 10.1. The van der Waals surface area contributed by atoms with Crippen LogP contribution in [0.5, 0.6) is 0 Å². The summed E-state index contributed by atoms with van der Waals surface area (Å²) in [6.07, 6.45) is 3.96. The van der Waals surface area contributed by atoms with Gasteiger partial charge in [-0.1, -0.05) is 35.5 Å². The van der Waals surface area contributed by atoms with Crippen LogP contribution in [0.2, 0.25) is 5.02 Å². The summed E-state index contributed by atoms with van der Waals surface area (Å²) in [5.74, 6) is 0.687. The van der Waals surface area contributed by atoms with Gasteiger partial charge in [-0.2, -0.15) is 4.68 Å². The van der Waals surface area contributed by atoms with Crippen molar-refractivity contribution >= 4 is 34.7 Å². The molecule has 0 aliphatic rings. The fourth-order valence-corrected chi connectivity index (χ4v) is 3.98. The topological polar surface area (TPSA) is 59.8 Å². The molecule has 0 amide bonds. The SMILES string of the molecule is CCNn1c(SCc2nccs2)ncc(Cc2ccc(Cl)cc2)c1=O. The number of thioether (sulfide) groups is 1. The first-order chi connectivity index (χ1) is 12.2. The van der Waals surface area contributed by atoms with E-state index in [4.69, 9.17) is 11.6 Å². The minimum absolute atomic E-state index is 0.0755. The van der Waals surface area contributed by atoms with E-state index in [1.807, 2.05) is 36.6 Å². The van der Waals surface area contributed by atoms with Gasteiger partial charge in [-0.15, -0.1) is 11.3 Å². The van der Waals surface area contributed by atoms with E-state index in [1.54, 1.807) is 23.7 Å². The summed E-state index contributed by atoms with van der Waals surface area (Å²) in [7, 11) is 0. The van der Waals surface area contributed by atoms with Gasteiger partial charge in [0.25, 0.3) is 5.56 Å². The van der Waals surface area contributed by atoms with E-state index < -0.39 is 0 Å². The molecule has 1 N–H and O–H groups in total. The summed E-state index contributed by atoms with van der Waals surface area (Å²) in [6, 6.07) is 7.49. The molecule has 0 saturated heterocycles. The van der Waals surface area contributed by atoms with Crippen LogP contribution >= 0.6 is 34.7 Å². The summed E-state index contributed by atoms with van der Waals surface area (Å²) in [5, 5.41) is 4.27. The van der Waals surface area contributed by atoms with Crippen LogP contribution in [0.1, 0.15) is 23.1 Å². The van der Waals surface area contributed by atoms with Crippen molar-refractivity contribution in [3.63, 3.8) is 0 Å². The van der Waals surface area contributed by atoms with Crippen LogP contribution in [0.15, 0.2) is 52.0 Å². The van der Waals surface area contributed by atoms with Crippen LogP contribution in [-0.2, 0) is 12.2 Å². The van der Waals surface area contributed by atoms with Gasteiger partial charge < -0.3 is 5.43 Å². The second-order valence-corrected chi connectivity index (χ2v) is 7.59. The normalized spacial score (nSPS) is 10.8. The first-order valence-corrected chi connectivity index (χ1v) is 10.0. The molecule has 25 heavy (non-hydrogen) atoms. The maximum absolute atomic E-state index is 12.8. The lowest BCUT2D eigenvalue weighted by molar-refractivity contribution is 0.685. The van der Waals surface area contributed by atoms with Gasteiger partial charge in [-0.3, -0.25) is 4.79 Å². The van der Waals surface area contributed by atoms with Gasteiger partial charge >= 0.3 is 0 Å². The Morgan fingerprint density at radius 1 is 1.28 bits per heavy atom. The van der Waals surface area contributed by atoms with Crippen LogP contribution < -0.4 is 11.0 Å². The second kappa shape index (κ2) is 8.51. The number of hydrogen-bond acceptors (Lipinski definition) is 6. The Bertz CT molecular complexity index is 879. The van der Waals surface area contributed by atoms with Gasteiger partial charge in [0.15, 0.2) is 5.16 Å². The zero-order valence-corrected chi connectivity index (χ0v) is 16.0. The number of rotatable bonds is 7. The summed E-state index contributed by atoms with van der Waals surface area (Å²) >= 11 is 9.00. The van der Waals surface area contributed by atoms with Crippen molar-refractivity contribution in [2.75, 3.05) is 12.0 Å². The van der Waals surface area contributed by atoms with Crippen molar-refractivity contribution < 1.29 is 0 Å². The zero-order valence-electron chi connectivity index (χ0n) is 13.6. The number of benzene rings is 1. The average Bonchev–Trinajstić information content (AvgIpc) is 3.13. The van der Waals surface area contributed by atoms with E-state index >= 15 is 0 Å². The highest BCUT2D eigenvalue weighted by molar-refractivity contribution is 7.98. The van der Waals surface area contributed by atoms with Gasteiger partial charge in [-0.25, -0.2) is 9.97 Å². The van der Waals surface area contributed by atoms with Crippen LogP contribution in [0, 0.1) is 0 Å². The minimum Gasteiger partial charge on any atom is -0.321 e. The lowest BCUT2D eigenvalue weighted by Crippen LogP contribution is -2.33. The Morgan fingerprint density at radius 3 is 2.76 bits per heavy atom. The van der Waals surface area contributed by atoms with E-state index in [2.05, 4.69) is 15.4 Å². The van der Waals surface area contributed by atoms with Crippen molar-refractivity contribution in [2.24, 2.45) is 0 Å². The second-order valence-electron chi connectivity index (χ2n) is 5.24. The van der Waals surface area contributed by atoms with Crippen molar-refractivity contribution in [1.82, 2.24) is 14.6 Å². The zero-order chi connectivity index (χ0) is 17.6. The van der Waals surface area contributed by atoms with Crippen LogP contribution in [0.3, 0.4) is 0 Å². The van der Waals surface area contributed by atoms with E-state index in [0.29, 0.717) is 34.5 Å². The Labute approximate surface area is 159 Å². The van der Waals surface area contributed by atoms with E-state index in [9.17, 15) is 4.79 Å². The molecule has 0 aliphatic heterocycles. The highest BCUT2D eigenvalue weighted by atomic mass is 35.5. The smallest absolute Gasteiger partial charge is 0.276 e. The molecule has 130 valence electrons. The molecule has 8 heteroatoms. The van der Waals surface area contributed by atoms with Gasteiger partial charge in [0.05, 0.1) is 5.75 Å². The number of nitrogens with zero attached hydrogens (tertiary/aromatic N) is 3. The molecule has 0 unspecified atom stereocenters. The van der Waals surface area contributed by atoms with E-state index in [0.717, 1.165) is 10.6 Å². The molecule has 5 nitrogen and oxygen atoms in total. The maximum Gasteiger partial charge on any atom is 0.276 e. The molecule has 2 heterocycles. The van der Waals surface area contributed by atoms with Gasteiger partial charge in [-0.05, 0) is 24.6 Å². The number of halogens is 1. The van der Waals surface area contributed by atoms with E-state index in [1.165, 1.54) is 16.4 Å². The molecular formula is C17H17ClN4OS2. The Balaban J connectivity index is 1.84. The highest BCUT2D eigenvalue weighted by Gasteiger charge is 2.12. The Kier molecular flexibility index (Phi) is 6.12. The van der Waals surface area contributed by atoms with E-state index in [-0.39, 0.29) is 5.56 Å². The summed E-state index contributed by atoms with van der Waals surface area (Å²) in [4.78, 5) is 21.6. The lowest BCUT2D eigenvalue weighted by Gasteiger charge is -2.13. The van der Waals surface area contributed by atoms with Crippen LogP contribution in [0.4, 0.5) is 0 Å². The number of aromatic nitrogens is 3. The van der Waals surface area contributed by atoms with Crippen molar-refractivity contribution in [2.45, 2.75) is 24.3 Å². The number of hydrogen-bond donors (Lipinski definition) is 1. The predicted octanol–water partition coefficient (Wildman–Crippen LogP) is 3.80. The molecule has 2 aromatic heterocycles. The van der Waals surface area contributed by atoms with Crippen molar-refractivity contribution in [3.8, 4) is 0 Å². The molecule has 3 aromatic rings. The number of thiazole rings is 1. The molecule has 0 radical (unpaired) electrons. The standard InChI is InChI=1S/C17H17ClN4OS2/c1-2-21-22-16(23)13(9-12-3-5-14(18)6-4-12)10-20-17(22)25-11-15-19-7-8-24-15/h3-8,10,21H,2,9,11H2,1H3. The monoisotopic (exact) mass is 392 g/mol. The molecule has 1 aromatic carbocycles. The Hall–Kier alpha value is -1.83. The highest BCUT2D eigenvalue weighted by Crippen LogP contribution is 2.21. The maximum atomic E-state index is 12.8. The molecule has 0 spiro atoms. The quantitative estimate of drug-likeness (QED) is 0.489. The summed E-state index contributed by atoms with van der Waals surface area (Å²) in [5.41, 5.74) is 4.68. The average molecular weight is 393 g/mol. The third-order valence-corrected chi connectivity index (χ3v) is 5.61. The molecule has 0 saturated carbocycles. The molecule has 0 fully saturated rings. The molecule has 0 atom stereocenters. The van der Waals surface area contributed by atoms with Crippen LogP contribution in [0.25, 0.3) is 0 Å².